The third-order valence-electron chi connectivity index (χ3n) is 4.03. The summed E-state index contributed by atoms with van der Waals surface area (Å²) in [6.45, 7) is 4.83. The van der Waals surface area contributed by atoms with E-state index in [0.29, 0.717) is 36.7 Å². The van der Waals surface area contributed by atoms with E-state index in [-0.39, 0.29) is 17.7 Å². The molecule has 1 heterocycles. The molecule has 1 aromatic carbocycles. The molecular formula is C18H24N4O4. The number of hydrogen-bond donors (Lipinski definition) is 1. The lowest BCUT2D eigenvalue weighted by Gasteiger charge is -2.28. The van der Waals surface area contributed by atoms with Gasteiger partial charge >= 0.3 is 0 Å². The molecule has 0 aromatic heterocycles. The van der Waals surface area contributed by atoms with Crippen LogP contribution in [-0.4, -0.2) is 55.2 Å². The van der Waals surface area contributed by atoms with E-state index >= 15 is 0 Å². The molecule has 0 unspecified atom stereocenters. The fourth-order valence-corrected chi connectivity index (χ4v) is 2.56. The van der Waals surface area contributed by atoms with Crippen LogP contribution in [0.25, 0.3) is 0 Å². The molecule has 8 nitrogen and oxygen atoms in total. The van der Waals surface area contributed by atoms with Gasteiger partial charge in [0, 0.05) is 19.7 Å². The molecule has 1 atom stereocenters. The quantitative estimate of drug-likeness (QED) is 0.468. The van der Waals surface area contributed by atoms with Crippen molar-refractivity contribution in [1.29, 1.82) is 5.26 Å². The predicted molar refractivity (Wildman–Crippen MR) is 94.3 cm³/mol. The normalized spacial score (nSPS) is 13.5. The van der Waals surface area contributed by atoms with Crippen LogP contribution in [0.2, 0.25) is 0 Å². The average Bonchev–Trinajstić information content (AvgIpc) is 2.64. The monoisotopic (exact) mass is 360 g/mol. The second-order valence-corrected chi connectivity index (χ2v) is 6.50. The summed E-state index contributed by atoms with van der Waals surface area (Å²) in [6.07, 6.45) is 2.33. The van der Waals surface area contributed by atoms with E-state index < -0.39 is 6.04 Å². The lowest BCUT2D eigenvalue weighted by atomic mass is 10.0. The fourth-order valence-electron chi connectivity index (χ4n) is 2.56. The topological polar surface area (TPSA) is 94.9 Å². The maximum Gasteiger partial charge on any atom is 0.263 e. The van der Waals surface area contributed by atoms with E-state index in [1.54, 1.807) is 18.2 Å². The smallest absolute Gasteiger partial charge is 0.263 e. The molecule has 0 saturated heterocycles. The number of hydrazine groups is 1. The van der Waals surface area contributed by atoms with Crippen LogP contribution >= 0.6 is 0 Å². The number of rotatable bonds is 6. The van der Waals surface area contributed by atoms with Crippen molar-refractivity contribution in [1.82, 2.24) is 15.3 Å². The van der Waals surface area contributed by atoms with E-state index in [1.807, 2.05) is 20.0 Å². The van der Waals surface area contributed by atoms with Crippen molar-refractivity contribution in [3.63, 3.8) is 0 Å². The molecule has 0 spiro atoms. The number of amides is 2. The Morgan fingerprint density at radius 1 is 1.23 bits per heavy atom. The van der Waals surface area contributed by atoms with Gasteiger partial charge in [0.25, 0.3) is 11.8 Å². The van der Waals surface area contributed by atoms with Gasteiger partial charge < -0.3 is 14.8 Å². The van der Waals surface area contributed by atoms with Gasteiger partial charge in [0.2, 0.25) is 0 Å². The van der Waals surface area contributed by atoms with E-state index in [0.717, 1.165) is 5.01 Å². The number of hydrogen-bond acceptors (Lipinski definition) is 6. The number of benzene rings is 1. The van der Waals surface area contributed by atoms with Crippen molar-refractivity contribution >= 4 is 11.8 Å². The average molecular weight is 360 g/mol. The molecule has 0 radical (unpaired) electrons. The van der Waals surface area contributed by atoms with Crippen molar-refractivity contribution in [2.75, 3.05) is 27.3 Å². The third kappa shape index (κ3) is 4.57. The zero-order valence-corrected chi connectivity index (χ0v) is 15.5. The van der Waals surface area contributed by atoms with Crippen LogP contribution in [0.5, 0.6) is 11.5 Å². The van der Waals surface area contributed by atoms with Crippen molar-refractivity contribution in [3.05, 3.63) is 23.8 Å². The first-order valence-electron chi connectivity index (χ1n) is 8.45. The van der Waals surface area contributed by atoms with Crippen LogP contribution < -0.4 is 14.8 Å². The van der Waals surface area contributed by atoms with Gasteiger partial charge in [-0.25, -0.2) is 10.0 Å². The second-order valence-electron chi connectivity index (χ2n) is 6.50. The maximum absolute atomic E-state index is 12.7. The first kappa shape index (κ1) is 19.4. The highest BCUT2D eigenvalue weighted by Gasteiger charge is 2.27. The van der Waals surface area contributed by atoms with Gasteiger partial charge in [-0.15, -0.1) is 0 Å². The molecule has 26 heavy (non-hydrogen) atoms. The minimum absolute atomic E-state index is 0.185. The van der Waals surface area contributed by atoms with Gasteiger partial charge in [0.05, 0.1) is 0 Å². The summed E-state index contributed by atoms with van der Waals surface area (Å²) in [4.78, 5) is 25.3. The maximum atomic E-state index is 12.7. The Hall–Kier alpha value is -2.95. The Kier molecular flexibility index (Phi) is 6.28. The Morgan fingerprint density at radius 2 is 1.88 bits per heavy atom. The largest absolute Gasteiger partial charge is 0.486 e. The van der Waals surface area contributed by atoms with Gasteiger partial charge in [-0.05, 0) is 30.5 Å². The molecule has 140 valence electrons. The lowest BCUT2D eigenvalue weighted by Crippen LogP contribution is -2.51. The molecule has 0 bridgehead atoms. The number of ether oxygens (including phenoxy) is 2. The summed E-state index contributed by atoms with van der Waals surface area (Å²) in [5.74, 6) is 0.558. The molecule has 0 saturated carbocycles. The molecule has 0 aliphatic carbocycles. The van der Waals surface area contributed by atoms with E-state index in [4.69, 9.17) is 14.7 Å². The van der Waals surface area contributed by atoms with Crippen LogP contribution in [0.15, 0.2) is 18.2 Å². The standard InChI is InChI=1S/C18H24N4O4/c1-12(2)9-14(18(24)22(4)21(3)11-19)20-17(23)13-5-6-15-16(10-13)26-8-7-25-15/h5-6,10,12,14H,7-9H2,1-4H3,(H,20,23)/t14-/m0/s1. The first-order valence-corrected chi connectivity index (χ1v) is 8.45. The third-order valence-corrected chi connectivity index (χ3v) is 4.03. The first-order chi connectivity index (χ1) is 12.3. The molecule has 8 heteroatoms. The van der Waals surface area contributed by atoms with Gasteiger partial charge in [0.15, 0.2) is 17.7 Å². The molecule has 2 rings (SSSR count). The summed E-state index contributed by atoms with van der Waals surface area (Å²) in [6, 6.07) is 4.17. The highest BCUT2D eigenvalue weighted by atomic mass is 16.6. The molecule has 0 fully saturated rings. The summed E-state index contributed by atoms with van der Waals surface area (Å²) in [7, 11) is 2.97. The van der Waals surface area contributed by atoms with E-state index in [9.17, 15) is 9.59 Å². The number of likely N-dealkylation sites (N-methyl/N-ethyl adjacent to an activating group) is 1. The van der Waals surface area contributed by atoms with Crippen molar-refractivity contribution < 1.29 is 19.1 Å². The number of fused-ring (bicyclic) bond motifs is 1. The van der Waals surface area contributed by atoms with Gasteiger partial charge in [-0.2, -0.15) is 5.26 Å². The Morgan fingerprint density at radius 3 is 2.50 bits per heavy atom. The zero-order chi connectivity index (χ0) is 19.3. The summed E-state index contributed by atoms with van der Waals surface area (Å²) in [5, 5.41) is 14.0. The molecule has 1 aliphatic rings. The number of carbonyl (C=O) groups is 2. The van der Waals surface area contributed by atoms with Gasteiger partial charge in [0.1, 0.15) is 19.3 Å². The van der Waals surface area contributed by atoms with Crippen LogP contribution in [0.4, 0.5) is 0 Å². The molecule has 1 N–H and O–H groups in total. The minimum atomic E-state index is -0.739. The molecule has 1 aliphatic heterocycles. The number of nitriles is 1. The SMILES string of the molecule is CC(C)C[C@H](NC(=O)c1ccc2c(c1)OCCO2)C(=O)N(C)N(C)C#N. The molecule has 1 aromatic rings. The molecule has 2 amide bonds. The van der Waals surface area contributed by atoms with E-state index in [2.05, 4.69) is 5.32 Å². The van der Waals surface area contributed by atoms with E-state index in [1.165, 1.54) is 19.1 Å². The number of nitrogens with zero attached hydrogens (tertiary/aromatic N) is 3. The van der Waals surface area contributed by atoms with Crippen LogP contribution in [-0.2, 0) is 4.79 Å². The van der Waals surface area contributed by atoms with Crippen molar-refractivity contribution in [2.45, 2.75) is 26.3 Å². The zero-order valence-electron chi connectivity index (χ0n) is 15.5. The highest BCUT2D eigenvalue weighted by molar-refractivity contribution is 5.98. The summed E-state index contributed by atoms with van der Waals surface area (Å²) < 4.78 is 10.9. The molecular weight excluding hydrogens is 336 g/mol. The van der Waals surface area contributed by atoms with Crippen LogP contribution in [0, 0.1) is 17.4 Å². The number of nitrogens with one attached hydrogen (secondary N) is 1. The highest BCUT2D eigenvalue weighted by Crippen LogP contribution is 2.30. The number of carbonyl (C=O) groups excluding carboxylic acids is 2. The second kappa shape index (κ2) is 8.43. The Labute approximate surface area is 153 Å². The summed E-state index contributed by atoms with van der Waals surface area (Å²) in [5.41, 5.74) is 0.382. The Bertz CT molecular complexity index is 714. The Balaban J connectivity index is 2.15. The van der Waals surface area contributed by atoms with Crippen molar-refractivity contribution in [3.8, 4) is 17.7 Å². The van der Waals surface area contributed by atoms with Crippen LogP contribution in [0.3, 0.4) is 0 Å². The lowest BCUT2D eigenvalue weighted by molar-refractivity contribution is -0.142. The summed E-state index contributed by atoms with van der Waals surface area (Å²) >= 11 is 0. The minimum Gasteiger partial charge on any atom is -0.486 e. The predicted octanol–water partition coefficient (Wildman–Crippen LogP) is 1.39. The fraction of sp³-hybridized carbons (Fsp3) is 0.500. The van der Waals surface area contributed by atoms with Crippen molar-refractivity contribution in [2.24, 2.45) is 5.92 Å². The van der Waals surface area contributed by atoms with Gasteiger partial charge in [-0.3, -0.25) is 9.59 Å². The van der Waals surface area contributed by atoms with Crippen LogP contribution in [0.1, 0.15) is 30.6 Å². The van der Waals surface area contributed by atoms with Gasteiger partial charge in [-0.1, -0.05) is 13.8 Å².